The number of hydrogen-bond acceptors (Lipinski definition) is 4. The molecule has 0 radical (unpaired) electrons. The monoisotopic (exact) mass is 346 g/mol. The van der Waals surface area contributed by atoms with Crippen LogP contribution >= 0.6 is 0 Å². The van der Waals surface area contributed by atoms with Crippen LogP contribution in [0.25, 0.3) is 0 Å². The number of rotatable bonds is 12. The van der Waals surface area contributed by atoms with E-state index in [0.29, 0.717) is 6.61 Å². The second-order valence-corrected chi connectivity index (χ2v) is 12.0. The summed E-state index contributed by atoms with van der Waals surface area (Å²) in [7, 11) is -1.76. The molecule has 1 aliphatic heterocycles. The molecule has 1 aliphatic rings. The van der Waals surface area contributed by atoms with Gasteiger partial charge >= 0.3 is 0 Å². The molecule has 1 heterocycles. The highest BCUT2D eigenvalue weighted by Crippen LogP contribution is 2.35. The lowest BCUT2D eigenvalue weighted by Gasteiger charge is -2.36. The maximum Gasteiger partial charge on any atom is 0.238 e. The van der Waals surface area contributed by atoms with E-state index < -0.39 is 14.6 Å². The van der Waals surface area contributed by atoms with Crippen molar-refractivity contribution in [2.24, 2.45) is 5.92 Å². The van der Waals surface area contributed by atoms with Gasteiger partial charge in [-0.1, -0.05) is 47.0 Å². The third-order valence-corrected chi connectivity index (χ3v) is 9.84. The second kappa shape index (κ2) is 10.1. The van der Waals surface area contributed by atoms with Gasteiger partial charge in [-0.3, -0.25) is 4.58 Å². The normalized spacial score (nSPS) is 24.8. The van der Waals surface area contributed by atoms with E-state index in [1.165, 1.54) is 12.8 Å². The first-order valence-electron chi connectivity index (χ1n) is 9.60. The van der Waals surface area contributed by atoms with Crippen molar-refractivity contribution in [2.75, 3.05) is 6.61 Å². The number of hydrogen-bond donors (Lipinski definition) is 1. The summed E-state index contributed by atoms with van der Waals surface area (Å²) in [6, 6.07) is 3.25. The molecule has 0 saturated carbocycles. The molecular formula is C18H38O4Si. The predicted octanol–water partition coefficient (Wildman–Crippen LogP) is 5.02. The third kappa shape index (κ3) is 6.46. The molecule has 0 unspecified atom stereocenters. The van der Waals surface area contributed by atoms with E-state index in [1.807, 2.05) is 0 Å². The van der Waals surface area contributed by atoms with Gasteiger partial charge in [0.15, 0.2) is 6.29 Å². The summed E-state index contributed by atoms with van der Waals surface area (Å²) in [4.78, 5) is 6.12. The molecule has 5 heteroatoms. The highest BCUT2D eigenvalue weighted by atomic mass is 28.4. The summed E-state index contributed by atoms with van der Waals surface area (Å²) >= 11 is 0. The van der Waals surface area contributed by atoms with E-state index in [9.17, 15) is 5.11 Å². The fraction of sp³-hybridized carbons (Fsp3) is 1.00. The lowest BCUT2D eigenvalue weighted by molar-refractivity contribution is -0.307. The van der Waals surface area contributed by atoms with E-state index in [-0.39, 0.29) is 11.5 Å². The molecule has 1 fully saturated rings. The first-order chi connectivity index (χ1) is 10.9. The Balaban J connectivity index is 2.69. The number of aliphatic hydroxyl groups excluding tert-OH is 1. The molecule has 0 spiro atoms. The predicted molar refractivity (Wildman–Crippen MR) is 96.6 cm³/mol. The first-order valence-corrected chi connectivity index (χ1v) is 12.1. The summed E-state index contributed by atoms with van der Waals surface area (Å²) in [5, 5.41) is 9.98. The van der Waals surface area contributed by atoms with Crippen molar-refractivity contribution in [3.63, 3.8) is 0 Å². The Hall–Kier alpha value is 0.0569. The minimum Gasteiger partial charge on any atom is -0.368 e. The molecule has 0 aromatic heterocycles. The molecule has 0 aromatic carbocycles. The molecule has 138 valence electrons. The Labute approximate surface area is 144 Å². The van der Waals surface area contributed by atoms with Crippen molar-refractivity contribution in [3.8, 4) is 0 Å². The Bertz CT molecular complexity index is 314. The standard InChI is InChI=1S/C18H38O4Si/c1-6-10-11-13-18(5,15-16-12-14-20-17(16)19)21-22-23(7-2,8-3)9-4/h16-17,19H,6-15H2,1-5H3/t16-,17-,18-/m1/s1. The Morgan fingerprint density at radius 2 is 1.78 bits per heavy atom. The molecule has 0 aliphatic carbocycles. The molecule has 4 nitrogen and oxygen atoms in total. The van der Waals surface area contributed by atoms with E-state index in [4.69, 9.17) is 14.2 Å². The van der Waals surface area contributed by atoms with Gasteiger partial charge in [0.05, 0.1) is 12.2 Å². The van der Waals surface area contributed by atoms with Crippen LogP contribution in [-0.4, -0.2) is 31.9 Å². The van der Waals surface area contributed by atoms with Crippen LogP contribution in [-0.2, 0) is 14.2 Å². The summed E-state index contributed by atoms with van der Waals surface area (Å²) in [6.07, 6.45) is 5.59. The molecule has 0 amide bonds. The van der Waals surface area contributed by atoms with E-state index in [2.05, 4.69) is 34.6 Å². The van der Waals surface area contributed by atoms with Crippen LogP contribution in [0.1, 0.15) is 73.1 Å². The molecular weight excluding hydrogens is 308 g/mol. The van der Waals surface area contributed by atoms with Gasteiger partial charge < -0.3 is 9.84 Å². The highest BCUT2D eigenvalue weighted by molar-refractivity contribution is 6.73. The fourth-order valence-electron chi connectivity index (χ4n) is 3.42. The van der Waals surface area contributed by atoms with Crippen molar-refractivity contribution < 1.29 is 19.3 Å². The van der Waals surface area contributed by atoms with Crippen molar-refractivity contribution in [1.29, 1.82) is 0 Å². The van der Waals surface area contributed by atoms with Crippen LogP contribution in [0, 0.1) is 5.92 Å². The minimum atomic E-state index is -1.76. The van der Waals surface area contributed by atoms with E-state index >= 15 is 0 Å². The Morgan fingerprint density at radius 1 is 1.13 bits per heavy atom. The summed E-state index contributed by atoms with van der Waals surface area (Å²) in [5.74, 6) is 0.158. The molecule has 1 N–H and O–H groups in total. The lowest BCUT2D eigenvalue weighted by Crippen LogP contribution is -2.42. The third-order valence-electron chi connectivity index (χ3n) is 5.54. The molecule has 1 rings (SSSR count). The number of aliphatic hydroxyl groups is 1. The molecule has 1 saturated heterocycles. The van der Waals surface area contributed by atoms with Crippen LogP contribution in [0.4, 0.5) is 0 Å². The minimum absolute atomic E-state index is 0.158. The lowest BCUT2D eigenvalue weighted by atomic mass is 9.86. The maximum atomic E-state index is 9.98. The second-order valence-electron chi connectivity index (χ2n) is 7.33. The zero-order valence-electron chi connectivity index (χ0n) is 15.9. The van der Waals surface area contributed by atoms with Gasteiger partial charge in [-0.05, 0) is 44.3 Å². The van der Waals surface area contributed by atoms with Gasteiger partial charge in [0.2, 0.25) is 8.32 Å². The molecule has 0 bridgehead atoms. The molecule has 3 atom stereocenters. The molecule has 23 heavy (non-hydrogen) atoms. The van der Waals surface area contributed by atoms with Gasteiger partial charge in [0, 0.05) is 5.92 Å². The van der Waals surface area contributed by atoms with Gasteiger partial charge in [0.1, 0.15) is 0 Å². The van der Waals surface area contributed by atoms with Gasteiger partial charge in [0.25, 0.3) is 0 Å². The van der Waals surface area contributed by atoms with E-state index in [0.717, 1.165) is 43.8 Å². The number of ether oxygens (including phenoxy) is 1. The topological polar surface area (TPSA) is 47.9 Å². The zero-order chi connectivity index (χ0) is 17.3. The maximum absolute atomic E-state index is 9.98. The number of unbranched alkanes of at least 4 members (excludes halogenated alkanes) is 2. The van der Waals surface area contributed by atoms with Gasteiger partial charge in [-0.25, -0.2) is 4.89 Å². The van der Waals surface area contributed by atoms with Gasteiger partial charge in [-0.2, -0.15) is 0 Å². The highest BCUT2D eigenvalue weighted by Gasteiger charge is 2.39. The van der Waals surface area contributed by atoms with Crippen LogP contribution in [0.15, 0.2) is 0 Å². The smallest absolute Gasteiger partial charge is 0.238 e. The Kier molecular flexibility index (Phi) is 9.30. The first kappa shape index (κ1) is 21.1. The van der Waals surface area contributed by atoms with Crippen LogP contribution in [0.5, 0.6) is 0 Å². The van der Waals surface area contributed by atoms with Crippen LogP contribution < -0.4 is 0 Å². The summed E-state index contributed by atoms with van der Waals surface area (Å²) < 4.78 is 11.4. The SMILES string of the molecule is CCCCC[C@](C)(C[C@H]1CCO[C@H]1O)OO[Si](CC)(CC)CC. The quantitative estimate of drug-likeness (QED) is 0.233. The zero-order valence-corrected chi connectivity index (χ0v) is 16.9. The fourth-order valence-corrected chi connectivity index (χ4v) is 5.65. The van der Waals surface area contributed by atoms with Gasteiger partial charge in [-0.15, -0.1) is 0 Å². The van der Waals surface area contributed by atoms with Crippen molar-refractivity contribution in [2.45, 2.75) is 103 Å². The van der Waals surface area contributed by atoms with E-state index in [1.54, 1.807) is 0 Å². The summed E-state index contributed by atoms with van der Waals surface area (Å²) in [6.45, 7) is 11.7. The van der Waals surface area contributed by atoms with Crippen molar-refractivity contribution in [3.05, 3.63) is 0 Å². The average molecular weight is 347 g/mol. The summed E-state index contributed by atoms with van der Waals surface area (Å²) in [5.41, 5.74) is -0.327. The van der Waals surface area contributed by atoms with Crippen LogP contribution in [0.2, 0.25) is 18.1 Å². The van der Waals surface area contributed by atoms with Crippen LogP contribution in [0.3, 0.4) is 0 Å². The average Bonchev–Trinajstić information content (AvgIpc) is 2.94. The molecule has 0 aromatic rings. The van der Waals surface area contributed by atoms with Crippen molar-refractivity contribution >= 4 is 8.32 Å². The van der Waals surface area contributed by atoms with Crippen molar-refractivity contribution in [1.82, 2.24) is 0 Å². The largest absolute Gasteiger partial charge is 0.368 e. The Morgan fingerprint density at radius 3 is 2.26 bits per heavy atom.